The Labute approximate surface area is 103 Å². The lowest BCUT2D eigenvalue weighted by molar-refractivity contribution is -0.138. The van der Waals surface area contributed by atoms with Gasteiger partial charge in [-0.05, 0) is 31.7 Å². The van der Waals surface area contributed by atoms with Crippen LogP contribution >= 0.6 is 0 Å². The van der Waals surface area contributed by atoms with E-state index in [4.69, 9.17) is 10.8 Å². The van der Waals surface area contributed by atoms with E-state index in [1.807, 2.05) is 26.0 Å². The molecule has 1 aliphatic carbocycles. The number of aliphatic carboxylic acids is 1. The van der Waals surface area contributed by atoms with Crippen molar-refractivity contribution < 1.29 is 14.7 Å². The average Bonchev–Trinajstić information content (AvgIpc) is 2.56. The summed E-state index contributed by atoms with van der Waals surface area (Å²) in [6.45, 7) is 4.59. The number of rotatable bonds is 4. The van der Waals surface area contributed by atoms with Gasteiger partial charge >= 0.3 is 5.97 Å². The summed E-state index contributed by atoms with van der Waals surface area (Å²) in [7, 11) is 0. The van der Waals surface area contributed by atoms with Crippen molar-refractivity contribution in [1.29, 1.82) is 0 Å². The quantitative estimate of drug-likeness (QED) is 0.737. The first-order chi connectivity index (χ1) is 8.04. The van der Waals surface area contributed by atoms with Crippen molar-refractivity contribution in [2.24, 2.45) is 17.6 Å². The van der Waals surface area contributed by atoms with Crippen molar-refractivity contribution in [3.8, 4) is 0 Å². The SMILES string of the molecule is C/C=C\CC1CC(=O)CC1CC(=O)O.CCN. The van der Waals surface area contributed by atoms with Crippen molar-refractivity contribution >= 4 is 11.8 Å². The second kappa shape index (κ2) is 8.93. The molecule has 2 unspecified atom stereocenters. The molecule has 0 aromatic carbocycles. The van der Waals surface area contributed by atoms with Gasteiger partial charge in [-0.3, -0.25) is 9.59 Å². The van der Waals surface area contributed by atoms with E-state index in [1.165, 1.54) is 0 Å². The zero-order chi connectivity index (χ0) is 13.3. The van der Waals surface area contributed by atoms with Gasteiger partial charge < -0.3 is 10.8 Å². The molecule has 3 N–H and O–H groups in total. The topological polar surface area (TPSA) is 80.4 Å². The molecule has 0 aliphatic heterocycles. The highest BCUT2D eigenvalue weighted by Gasteiger charge is 2.33. The van der Waals surface area contributed by atoms with Gasteiger partial charge in [0.15, 0.2) is 0 Å². The molecule has 2 atom stereocenters. The van der Waals surface area contributed by atoms with Crippen LogP contribution in [0.15, 0.2) is 12.2 Å². The first kappa shape index (κ1) is 15.8. The zero-order valence-electron chi connectivity index (χ0n) is 10.7. The first-order valence-corrected chi connectivity index (χ1v) is 6.09. The summed E-state index contributed by atoms with van der Waals surface area (Å²) in [5.74, 6) is -0.285. The van der Waals surface area contributed by atoms with Crippen LogP contribution in [0, 0.1) is 11.8 Å². The fourth-order valence-electron chi connectivity index (χ4n) is 2.05. The van der Waals surface area contributed by atoms with Gasteiger partial charge in [0.1, 0.15) is 5.78 Å². The Balaban J connectivity index is 0.000000770. The Morgan fingerprint density at radius 1 is 1.47 bits per heavy atom. The summed E-state index contributed by atoms with van der Waals surface area (Å²) in [5, 5.41) is 8.67. The molecule has 1 aliphatic rings. The van der Waals surface area contributed by atoms with Crippen LogP contribution in [0.5, 0.6) is 0 Å². The molecular weight excluding hydrogens is 218 g/mol. The third kappa shape index (κ3) is 6.89. The van der Waals surface area contributed by atoms with Crippen molar-refractivity contribution in [1.82, 2.24) is 0 Å². The standard InChI is InChI=1S/C11H16O3.C2H7N/c1-2-3-4-8-5-10(12)6-9(8)7-11(13)14;1-2-3/h2-3,8-9H,4-7H2,1H3,(H,13,14);2-3H2,1H3/b3-2-;. The Kier molecular flexibility index (Phi) is 8.32. The number of nitrogens with two attached hydrogens (primary N) is 1. The molecule has 4 nitrogen and oxygen atoms in total. The second-order valence-electron chi connectivity index (χ2n) is 4.28. The lowest BCUT2D eigenvalue weighted by Gasteiger charge is -2.14. The summed E-state index contributed by atoms with van der Waals surface area (Å²) in [6.07, 6.45) is 5.93. The predicted octanol–water partition coefficient (Wildman–Crippen LogP) is 1.99. The summed E-state index contributed by atoms with van der Waals surface area (Å²) in [5.41, 5.74) is 4.85. The van der Waals surface area contributed by atoms with Crippen LogP contribution < -0.4 is 5.73 Å². The van der Waals surface area contributed by atoms with Crippen LogP contribution in [0.25, 0.3) is 0 Å². The second-order valence-corrected chi connectivity index (χ2v) is 4.28. The number of carboxylic acids is 1. The van der Waals surface area contributed by atoms with Crippen LogP contribution in [0.1, 0.15) is 39.5 Å². The number of Topliss-reactive ketones (excluding diaryl/α,β-unsaturated/α-hetero) is 1. The molecule has 0 aromatic rings. The Bertz CT molecular complexity index is 274. The number of carbonyl (C=O) groups excluding carboxylic acids is 1. The monoisotopic (exact) mass is 241 g/mol. The van der Waals surface area contributed by atoms with E-state index in [-0.39, 0.29) is 24.0 Å². The lowest BCUT2D eigenvalue weighted by Crippen LogP contribution is -2.12. The molecule has 0 spiro atoms. The van der Waals surface area contributed by atoms with Crippen molar-refractivity contribution in [3.63, 3.8) is 0 Å². The fourth-order valence-corrected chi connectivity index (χ4v) is 2.05. The summed E-state index contributed by atoms with van der Waals surface area (Å²) < 4.78 is 0. The molecule has 0 heterocycles. The molecule has 17 heavy (non-hydrogen) atoms. The van der Waals surface area contributed by atoms with Gasteiger partial charge in [-0.15, -0.1) is 0 Å². The van der Waals surface area contributed by atoms with Gasteiger partial charge in [0.2, 0.25) is 0 Å². The maximum Gasteiger partial charge on any atom is 0.303 e. The minimum atomic E-state index is -0.796. The Morgan fingerprint density at radius 2 is 2.00 bits per heavy atom. The van der Waals surface area contributed by atoms with E-state index in [9.17, 15) is 9.59 Å². The smallest absolute Gasteiger partial charge is 0.303 e. The number of hydrogen-bond acceptors (Lipinski definition) is 3. The molecule has 1 rings (SSSR count). The van der Waals surface area contributed by atoms with Crippen LogP contribution in [0.4, 0.5) is 0 Å². The molecule has 98 valence electrons. The van der Waals surface area contributed by atoms with E-state index in [0.717, 1.165) is 13.0 Å². The number of carboxylic acid groups (broad SMARTS) is 1. The van der Waals surface area contributed by atoms with Crippen LogP contribution in [-0.2, 0) is 9.59 Å². The van der Waals surface area contributed by atoms with Gasteiger partial charge in [0, 0.05) is 19.3 Å². The van der Waals surface area contributed by atoms with Gasteiger partial charge in [0.05, 0.1) is 0 Å². The maximum atomic E-state index is 11.2. The normalized spacial score (nSPS) is 23.6. The van der Waals surface area contributed by atoms with E-state index in [1.54, 1.807) is 0 Å². The minimum absolute atomic E-state index is 0.0520. The molecule has 4 heteroatoms. The number of carbonyl (C=O) groups is 2. The van der Waals surface area contributed by atoms with E-state index in [0.29, 0.717) is 12.8 Å². The highest BCUT2D eigenvalue weighted by atomic mass is 16.4. The fraction of sp³-hybridized carbons (Fsp3) is 0.692. The van der Waals surface area contributed by atoms with Crippen molar-refractivity contribution in [2.75, 3.05) is 6.54 Å². The highest BCUT2D eigenvalue weighted by molar-refractivity contribution is 5.82. The number of hydrogen-bond donors (Lipinski definition) is 2. The summed E-state index contributed by atoms with van der Waals surface area (Å²) in [4.78, 5) is 21.7. The van der Waals surface area contributed by atoms with E-state index >= 15 is 0 Å². The lowest BCUT2D eigenvalue weighted by atomic mass is 9.90. The number of allylic oxidation sites excluding steroid dienone is 2. The molecule has 1 fully saturated rings. The van der Waals surface area contributed by atoms with Crippen LogP contribution in [-0.4, -0.2) is 23.4 Å². The Hall–Kier alpha value is -1.16. The number of ketones is 1. The van der Waals surface area contributed by atoms with E-state index in [2.05, 4.69) is 0 Å². The summed E-state index contributed by atoms with van der Waals surface area (Å²) >= 11 is 0. The average molecular weight is 241 g/mol. The predicted molar refractivity (Wildman–Crippen MR) is 67.6 cm³/mol. The molecule has 0 bridgehead atoms. The third-order valence-corrected chi connectivity index (χ3v) is 2.76. The molecular formula is C13H23NO3. The molecule has 0 amide bonds. The van der Waals surface area contributed by atoms with Gasteiger partial charge in [-0.2, -0.15) is 0 Å². The molecule has 0 aromatic heterocycles. The first-order valence-electron chi connectivity index (χ1n) is 6.09. The zero-order valence-corrected chi connectivity index (χ0v) is 10.7. The van der Waals surface area contributed by atoms with Crippen molar-refractivity contribution in [3.05, 3.63) is 12.2 Å². The molecule has 1 saturated carbocycles. The largest absolute Gasteiger partial charge is 0.481 e. The van der Waals surface area contributed by atoms with Gasteiger partial charge in [-0.25, -0.2) is 0 Å². The van der Waals surface area contributed by atoms with Crippen LogP contribution in [0.3, 0.4) is 0 Å². The molecule has 0 saturated heterocycles. The van der Waals surface area contributed by atoms with E-state index < -0.39 is 5.97 Å². The summed E-state index contributed by atoms with van der Waals surface area (Å²) in [6, 6.07) is 0. The van der Waals surface area contributed by atoms with Gasteiger partial charge in [-0.1, -0.05) is 19.1 Å². The van der Waals surface area contributed by atoms with Gasteiger partial charge in [0.25, 0.3) is 0 Å². The van der Waals surface area contributed by atoms with Crippen LogP contribution in [0.2, 0.25) is 0 Å². The minimum Gasteiger partial charge on any atom is -0.481 e. The Morgan fingerprint density at radius 3 is 2.47 bits per heavy atom. The highest BCUT2D eigenvalue weighted by Crippen LogP contribution is 2.34. The third-order valence-electron chi connectivity index (χ3n) is 2.76. The maximum absolute atomic E-state index is 11.2. The van der Waals surface area contributed by atoms with Crippen molar-refractivity contribution in [2.45, 2.75) is 39.5 Å². The molecule has 0 radical (unpaired) electrons.